The summed E-state index contributed by atoms with van der Waals surface area (Å²) >= 11 is 0. The molecule has 0 radical (unpaired) electrons. The smallest absolute Gasteiger partial charge is 0.0678 e. The van der Waals surface area contributed by atoms with Gasteiger partial charge in [-0.2, -0.15) is 0 Å². The number of hydrogen-bond donors (Lipinski definition) is 1. The van der Waals surface area contributed by atoms with Gasteiger partial charge in [0.25, 0.3) is 0 Å². The molecule has 0 aromatic heterocycles. The lowest BCUT2D eigenvalue weighted by Crippen LogP contribution is -2.65. The van der Waals surface area contributed by atoms with E-state index in [4.69, 9.17) is 10.5 Å². The predicted octanol–water partition coefficient (Wildman–Crippen LogP) is 1.05. The number of ether oxygens (including phenoxy) is 1. The van der Waals surface area contributed by atoms with Gasteiger partial charge in [0, 0.05) is 37.8 Å². The fourth-order valence-electron chi connectivity index (χ4n) is 4.48. The first kappa shape index (κ1) is 13.8. The summed E-state index contributed by atoms with van der Waals surface area (Å²) in [7, 11) is 0. The van der Waals surface area contributed by atoms with Crippen LogP contribution >= 0.6 is 0 Å². The predicted molar refractivity (Wildman–Crippen MR) is 77.2 cm³/mol. The lowest BCUT2D eigenvalue weighted by molar-refractivity contribution is -0.115. The zero-order valence-electron chi connectivity index (χ0n) is 12.5. The highest BCUT2D eigenvalue weighted by Crippen LogP contribution is 2.37. The van der Waals surface area contributed by atoms with Gasteiger partial charge in [0.2, 0.25) is 0 Å². The van der Waals surface area contributed by atoms with E-state index in [1.54, 1.807) is 0 Å². The zero-order chi connectivity index (χ0) is 13.5. The molecule has 3 heterocycles. The summed E-state index contributed by atoms with van der Waals surface area (Å²) < 4.78 is 5.89. The molecule has 0 saturated carbocycles. The Labute approximate surface area is 117 Å². The SMILES string of the molecule is C[C@@H]1CN(C2(CN)CCN3CCCC3C2)C[C@H](C)O1. The van der Waals surface area contributed by atoms with Gasteiger partial charge < -0.3 is 15.4 Å². The van der Waals surface area contributed by atoms with Crippen molar-refractivity contribution in [1.82, 2.24) is 9.80 Å². The number of fused-ring (bicyclic) bond motifs is 1. The minimum atomic E-state index is 0.234. The van der Waals surface area contributed by atoms with Gasteiger partial charge >= 0.3 is 0 Å². The second kappa shape index (κ2) is 5.32. The topological polar surface area (TPSA) is 41.7 Å². The van der Waals surface area contributed by atoms with Crippen molar-refractivity contribution in [2.24, 2.45) is 5.73 Å². The molecule has 0 aliphatic carbocycles. The maximum Gasteiger partial charge on any atom is 0.0678 e. The second-order valence-electron chi connectivity index (χ2n) is 6.88. The molecule has 0 aromatic rings. The Balaban J connectivity index is 1.75. The Bertz CT molecular complexity index is 315. The highest BCUT2D eigenvalue weighted by molar-refractivity contribution is 5.03. The third kappa shape index (κ3) is 2.56. The summed E-state index contributed by atoms with van der Waals surface area (Å²) in [6, 6.07) is 0.783. The van der Waals surface area contributed by atoms with Crippen molar-refractivity contribution < 1.29 is 4.74 Å². The molecule has 0 amide bonds. The van der Waals surface area contributed by atoms with Gasteiger partial charge in [0.1, 0.15) is 0 Å². The van der Waals surface area contributed by atoms with Gasteiger partial charge in [0.15, 0.2) is 0 Å². The van der Waals surface area contributed by atoms with Crippen molar-refractivity contribution in [3.63, 3.8) is 0 Å². The highest BCUT2D eigenvalue weighted by Gasteiger charge is 2.45. The lowest BCUT2D eigenvalue weighted by Gasteiger charge is -2.53. The molecular weight excluding hydrogens is 238 g/mol. The standard InChI is InChI=1S/C15H29N3O/c1-12-9-18(10-13(2)19-12)15(11-16)5-7-17-6-3-4-14(17)8-15/h12-14H,3-11,16H2,1-2H3/t12-,13+,14?,15?. The van der Waals surface area contributed by atoms with E-state index in [1.807, 2.05) is 0 Å². The molecule has 4 atom stereocenters. The number of hydrogen-bond acceptors (Lipinski definition) is 4. The molecule has 3 aliphatic rings. The fourth-order valence-corrected chi connectivity index (χ4v) is 4.48. The van der Waals surface area contributed by atoms with Gasteiger partial charge in [-0.1, -0.05) is 0 Å². The van der Waals surface area contributed by atoms with Crippen LogP contribution < -0.4 is 5.73 Å². The number of morpholine rings is 1. The highest BCUT2D eigenvalue weighted by atomic mass is 16.5. The minimum absolute atomic E-state index is 0.234. The summed E-state index contributed by atoms with van der Waals surface area (Å²) in [5.41, 5.74) is 6.48. The van der Waals surface area contributed by atoms with Crippen LogP contribution in [0.15, 0.2) is 0 Å². The molecule has 3 rings (SSSR count). The van der Waals surface area contributed by atoms with E-state index < -0.39 is 0 Å². The van der Waals surface area contributed by atoms with Crippen molar-refractivity contribution in [2.45, 2.75) is 63.3 Å². The zero-order valence-corrected chi connectivity index (χ0v) is 12.5. The van der Waals surface area contributed by atoms with Crippen LogP contribution in [0.25, 0.3) is 0 Å². The van der Waals surface area contributed by atoms with Crippen LogP contribution in [0.4, 0.5) is 0 Å². The number of nitrogens with two attached hydrogens (primary N) is 1. The van der Waals surface area contributed by atoms with E-state index in [0.29, 0.717) is 12.2 Å². The summed E-state index contributed by atoms with van der Waals surface area (Å²) in [5.74, 6) is 0. The Kier molecular flexibility index (Phi) is 3.87. The van der Waals surface area contributed by atoms with E-state index in [2.05, 4.69) is 23.6 Å². The third-order valence-corrected chi connectivity index (χ3v) is 5.45. The fraction of sp³-hybridized carbons (Fsp3) is 1.00. The Morgan fingerprint density at radius 1 is 1.21 bits per heavy atom. The third-order valence-electron chi connectivity index (χ3n) is 5.45. The normalized spacial score (nSPS) is 45.3. The molecule has 0 spiro atoms. The molecule has 0 bridgehead atoms. The first-order valence-electron chi connectivity index (χ1n) is 7.97. The summed E-state index contributed by atoms with van der Waals surface area (Å²) in [5, 5.41) is 0. The van der Waals surface area contributed by atoms with E-state index in [-0.39, 0.29) is 5.54 Å². The molecule has 2 N–H and O–H groups in total. The number of piperidine rings is 1. The molecule has 4 heteroatoms. The molecule has 3 saturated heterocycles. The molecule has 19 heavy (non-hydrogen) atoms. The monoisotopic (exact) mass is 267 g/mol. The average Bonchev–Trinajstić information content (AvgIpc) is 2.84. The average molecular weight is 267 g/mol. The first-order valence-corrected chi connectivity index (χ1v) is 7.97. The number of nitrogens with zero attached hydrogens (tertiary/aromatic N) is 2. The second-order valence-corrected chi connectivity index (χ2v) is 6.88. The van der Waals surface area contributed by atoms with Crippen molar-refractivity contribution in [2.75, 3.05) is 32.7 Å². The first-order chi connectivity index (χ1) is 9.13. The summed E-state index contributed by atoms with van der Waals surface area (Å²) in [4.78, 5) is 5.34. The molecule has 4 nitrogen and oxygen atoms in total. The van der Waals surface area contributed by atoms with Crippen molar-refractivity contribution in [3.8, 4) is 0 Å². The van der Waals surface area contributed by atoms with Gasteiger partial charge in [-0.25, -0.2) is 0 Å². The number of rotatable bonds is 2. The molecule has 110 valence electrons. The Hall–Kier alpha value is -0.160. The van der Waals surface area contributed by atoms with E-state index in [9.17, 15) is 0 Å². The quantitative estimate of drug-likeness (QED) is 0.812. The molecular formula is C15H29N3O. The Morgan fingerprint density at radius 3 is 2.63 bits per heavy atom. The van der Waals surface area contributed by atoms with Crippen LogP contribution in [0, 0.1) is 0 Å². The lowest BCUT2D eigenvalue weighted by atomic mass is 9.81. The van der Waals surface area contributed by atoms with Crippen LogP contribution in [-0.2, 0) is 4.74 Å². The maximum absolute atomic E-state index is 6.24. The summed E-state index contributed by atoms with van der Waals surface area (Å²) in [6.07, 6.45) is 5.93. The van der Waals surface area contributed by atoms with Gasteiger partial charge in [-0.05, 0) is 46.1 Å². The van der Waals surface area contributed by atoms with Crippen LogP contribution in [-0.4, -0.2) is 66.3 Å². The molecule has 0 aromatic carbocycles. The van der Waals surface area contributed by atoms with Crippen molar-refractivity contribution >= 4 is 0 Å². The largest absolute Gasteiger partial charge is 0.373 e. The minimum Gasteiger partial charge on any atom is -0.373 e. The van der Waals surface area contributed by atoms with Crippen LogP contribution in [0.5, 0.6) is 0 Å². The van der Waals surface area contributed by atoms with E-state index in [0.717, 1.165) is 25.7 Å². The van der Waals surface area contributed by atoms with Crippen molar-refractivity contribution in [3.05, 3.63) is 0 Å². The van der Waals surface area contributed by atoms with E-state index >= 15 is 0 Å². The van der Waals surface area contributed by atoms with Crippen LogP contribution in [0.2, 0.25) is 0 Å². The Morgan fingerprint density at radius 2 is 1.95 bits per heavy atom. The van der Waals surface area contributed by atoms with E-state index in [1.165, 1.54) is 38.8 Å². The summed E-state index contributed by atoms with van der Waals surface area (Å²) in [6.45, 7) is 9.83. The van der Waals surface area contributed by atoms with Crippen LogP contribution in [0.3, 0.4) is 0 Å². The maximum atomic E-state index is 6.24. The molecule has 3 aliphatic heterocycles. The van der Waals surface area contributed by atoms with Gasteiger partial charge in [-0.15, -0.1) is 0 Å². The van der Waals surface area contributed by atoms with Gasteiger partial charge in [-0.3, -0.25) is 4.90 Å². The molecule has 3 fully saturated rings. The molecule has 2 unspecified atom stereocenters. The van der Waals surface area contributed by atoms with Crippen LogP contribution in [0.1, 0.15) is 39.5 Å². The van der Waals surface area contributed by atoms with Crippen molar-refractivity contribution in [1.29, 1.82) is 0 Å². The van der Waals surface area contributed by atoms with Gasteiger partial charge in [0.05, 0.1) is 12.2 Å².